The third-order valence-electron chi connectivity index (χ3n) is 3.47. The van der Waals surface area contributed by atoms with Gasteiger partial charge in [0.05, 0.1) is 35.2 Å². The Labute approximate surface area is 210 Å². The molecule has 0 aliphatic carbocycles. The normalized spacial score (nSPS) is 16.9. The minimum Gasteiger partial charge on any atom is -0.432 e. The van der Waals surface area contributed by atoms with Crippen molar-refractivity contribution in [2.24, 2.45) is 0 Å². The molecular weight excluding hydrogens is 489 g/mol. The molecular formula is C19H30N5O10P. The van der Waals surface area contributed by atoms with Crippen molar-refractivity contribution in [3.8, 4) is 0 Å². The van der Waals surface area contributed by atoms with Crippen molar-refractivity contribution in [3.05, 3.63) is 12.7 Å². The Morgan fingerprint density at radius 2 is 1.71 bits per heavy atom. The first-order chi connectivity index (χ1) is 18.8. The van der Waals surface area contributed by atoms with Crippen molar-refractivity contribution in [1.82, 2.24) is 19.5 Å². The SMILES string of the molecule is [2H]C([2H])([2H])C([2H])(OCP(=O)(OCOC(=O)OC(C)C)OCOC(=O)OC(C)C)C([2H])([2H])n1cnc2c(N)ncnc21. The van der Waals surface area contributed by atoms with Crippen molar-refractivity contribution in [2.75, 3.05) is 25.7 Å². The zero-order valence-electron chi connectivity index (χ0n) is 25.3. The van der Waals surface area contributed by atoms with Gasteiger partial charge in [-0.05, 0) is 34.5 Å². The highest BCUT2D eigenvalue weighted by Crippen LogP contribution is 2.48. The molecule has 2 aromatic rings. The van der Waals surface area contributed by atoms with E-state index in [1.54, 1.807) is 0 Å². The standard InChI is InChI=1S/C19H30N5O10P/c1-12(2)33-18(25)28-9-31-35(27,32-10-29-19(26)34-13(3)4)11-30-14(5)6-24-8-23-15-16(20)21-7-22-17(15)24/h7-8,12-14H,6,9-11H2,1-5H3,(H2,20,21,22)/i5D3,6D2,14D. The Morgan fingerprint density at radius 1 is 1.11 bits per heavy atom. The summed E-state index contributed by atoms with van der Waals surface area (Å²) in [5.41, 5.74) is 5.36. The molecule has 2 N–H and O–H groups in total. The number of nitrogens with two attached hydrogens (primary N) is 1. The molecule has 1 atom stereocenters. The minimum atomic E-state index is -4.76. The van der Waals surface area contributed by atoms with Crippen LogP contribution in [-0.2, 0) is 43.8 Å². The van der Waals surface area contributed by atoms with Gasteiger partial charge < -0.3 is 34.0 Å². The number of nitrogens with zero attached hydrogens (tertiary/aromatic N) is 4. The van der Waals surface area contributed by atoms with E-state index in [1.165, 1.54) is 27.7 Å². The third kappa shape index (κ3) is 9.64. The van der Waals surface area contributed by atoms with Crippen LogP contribution in [-0.4, -0.2) is 70.1 Å². The number of imidazole rings is 1. The van der Waals surface area contributed by atoms with Gasteiger partial charge in [0, 0.05) is 4.11 Å². The zero-order valence-corrected chi connectivity index (χ0v) is 20.2. The number of hydrogen-bond acceptors (Lipinski definition) is 14. The average Bonchev–Trinajstić information content (AvgIpc) is 3.27. The molecule has 0 bridgehead atoms. The highest BCUT2D eigenvalue weighted by molar-refractivity contribution is 7.53. The molecule has 0 aliphatic rings. The summed E-state index contributed by atoms with van der Waals surface area (Å²) in [4.78, 5) is 34.7. The van der Waals surface area contributed by atoms with Gasteiger partial charge in [-0.1, -0.05) is 0 Å². The number of aromatic nitrogens is 4. The molecule has 0 aromatic carbocycles. The molecule has 0 spiro atoms. The van der Waals surface area contributed by atoms with Gasteiger partial charge in [-0.15, -0.1) is 0 Å². The summed E-state index contributed by atoms with van der Waals surface area (Å²) in [5, 5.41) is 0. The minimum absolute atomic E-state index is 0.0857. The maximum atomic E-state index is 13.4. The fourth-order valence-corrected chi connectivity index (χ4v) is 3.03. The largest absolute Gasteiger partial charge is 0.510 e. The predicted octanol–water partition coefficient (Wildman–Crippen LogP) is 3.04. The fourth-order valence-electron chi connectivity index (χ4n) is 2.09. The number of rotatable bonds is 13. The highest BCUT2D eigenvalue weighted by atomic mass is 31.2. The second-order valence-electron chi connectivity index (χ2n) is 6.99. The van der Waals surface area contributed by atoms with Gasteiger partial charge in [0.25, 0.3) is 0 Å². The van der Waals surface area contributed by atoms with Gasteiger partial charge in [-0.3, -0.25) is 13.6 Å². The Hall–Kier alpha value is -3.00. The Kier molecular flexibility index (Phi) is 7.62. The maximum Gasteiger partial charge on any atom is 0.510 e. The Balaban J connectivity index is 2.34. The molecule has 2 rings (SSSR count). The lowest BCUT2D eigenvalue weighted by Crippen LogP contribution is -2.20. The zero-order chi connectivity index (χ0) is 31.2. The van der Waals surface area contributed by atoms with Gasteiger partial charge in [0.15, 0.2) is 11.5 Å². The maximum absolute atomic E-state index is 13.4. The number of nitrogen functional groups attached to an aromatic ring is 1. The lowest BCUT2D eigenvalue weighted by atomic mass is 10.4. The summed E-state index contributed by atoms with van der Waals surface area (Å²) < 4.78 is 97.0. The predicted molar refractivity (Wildman–Crippen MR) is 120 cm³/mol. The van der Waals surface area contributed by atoms with E-state index in [0.29, 0.717) is 4.57 Å². The van der Waals surface area contributed by atoms with Gasteiger partial charge in [0.1, 0.15) is 18.2 Å². The first-order valence-electron chi connectivity index (χ1n) is 13.0. The molecule has 0 amide bonds. The van der Waals surface area contributed by atoms with Crippen molar-refractivity contribution in [3.63, 3.8) is 0 Å². The molecule has 35 heavy (non-hydrogen) atoms. The van der Waals surface area contributed by atoms with E-state index < -0.39 is 71.5 Å². The van der Waals surface area contributed by atoms with Crippen LogP contribution in [0.2, 0.25) is 0 Å². The van der Waals surface area contributed by atoms with E-state index in [2.05, 4.69) is 24.4 Å². The number of anilines is 1. The van der Waals surface area contributed by atoms with Crippen LogP contribution in [0.5, 0.6) is 0 Å². The van der Waals surface area contributed by atoms with Crippen LogP contribution >= 0.6 is 7.60 Å². The van der Waals surface area contributed by atoms with Crippen molar-refractivity contribution in [2.45, 2.75) is 59.3 Å². The number of hydrogen-bond donors (Lipinski definition) is 1. The fraction of sp³-hybridized carbons (Fsp3) is 0.632. The molecule has 0 aliphatic heterocycles. The number of carbonyl (C=O) groups is 2. The van der Waals surface area contributed by atoms with Crippen LogP contribution in [0.15, 0.2) is 12.7 Å². The molecule has 0 radical (unpaired) electrons. The third-order valence-corrected chi connectivity index (χ3v) is 4.91. The lowest BCUT2D eigenvalue weighted by molar-refractivity contribution is -0.0369. The van der Waals surface area contributed by atoms with E-state index in [0.717, 1.165) is 12.7 Å². The van der Waals surface area contributed by atoms with Crippen LogP contribution in [0.3, 0.4) is 0 Å². The van der Waals surface area contributed by atoms with Crippen LogP contribution < -0.4 is 5.73 Å². The first kappa shape index (κ1) is 20.2. The first-order valence-corrected chi connectivity index (χ1v) is 11.7. The molecule has 196 valence electrons. The summed E-state index contributed by atoms with van der Waals surface area (Å²) >= 11 is 0. The summed E-state index contributed by atoms with van der Waals surface area (Å²) in [6.07, 6.45) is -6.69. The van der Waals surface area contributed by atoms with E-state index >= 15 is 0 Å². The van der Waals surface area contributed by atoms with Gasteiger partial charge in [-0.2, -0.15) is 0 Å². The quantitative estimate of drug-likeness (QED) is 0.228. The average molecular weight is 525 g/mol. The molecule has 2 aromatic heterocycles. The Morgan fingerprint density at radius 3 is 2.26 bits per heavy atom. The van der Waals surface area contributed by atoms with Crippen LogP contribution in [0, 0.1) is 0 Å². The second kappa shape index (κ2) is 13.2. The topological polar surface area (TPSA) is 185 Å². The summed E-state index contributed by atoms with van der Waals surface area (Å²) in [6.45, 7) is -2.88. The molecule has 0 saturated carbocycles. The van der Waals surface area contributed by atoms with Gasteiger partial charge in [-0.25, -0.2) is 24.5 Å². The van der Waals surface area contributed by atoms with Crippen molar-refractivity contribution in [1.29, 1.82) is 0 Å². The number of carbonyl (C=O) groups excluding carboxylic acids is 2. The second-order valence-corrected chi connectivity index (χ2v) is 8.98. The van der Waals surface area contributed by atoms with E-state index in [4.69, 9.17) is 37.2 Å². The monoisotopic (exact) mass is 525 g/mol. The number of fused-ring (bicyclic) bond motifs is 1. The molecule has 1 unspecified atom stereocenters. The summed E-state index contributed by atoms with van der Waals surface area (Å²) in [5.74, 6) is -0.145. The number of ether oxygens (including phenoxy) is 5. The highest BCUT2D eigenvalue weighted by Gasteiger charge is 2.29. The van der Waals surface area contributed by atoms with Crippen LogP contribution in [0.1, 0.15) is 42.8 Å². The van der Waals surface area contributed by atoms with Crippen LogP contribution in [0.4, 0.5) is 15.4 Å². The molecule has 2 heterocycles. The van der Waals surface area contributed by atoms with E-state index in [9.17, 15) is 14.2 Å². The summed E-state index contributed by atoms with van der Waals surface area (Å²) in [6, 6.07) is 0. The summed E-state index contributed by atoms with van der Waals surface area (Å²) in [7, 11) is -4.76. The smallest absolute Gasteiger partial charge is 0.432 e. The molecule has 0 saturated heterocycles. The van der Waals surface area contributed by atoms with Gasteiger partial charge >= 0.3 is 19.9 Å². The van der Waals surface area contributed by atoms with Crippen molar-refractivity contribution < 1.29 is 55.1 Å². The Bertz CT molecular complexity index is 1230. The van der Waals surface area contributed by atoms with Crippen LogP contribution in [0.25, 0.3) is 11.2 Å². The molecule has 0 fully saturated rings. The lowest BCUT2D eigenvalue weighted by Gasteiger charge is -2.21. The van der Waals surface area contributed by atoms with E-state index in [-0.39, 0.29) is 17.0 Å². The van der Waals surface area contributed by atoms with E-state index in [1.807, 2.05) is 0 Å². The molecule has 16 heteroatoms. The van der Waals surface area contributed by atoms with Gasteiger partial charge in [0.2, 0.25) is 13.6 Å². The molecule has 15 nitrogen and oxygen atoms in total. The van der Waals surface area contributed by atoms with Crippen molar-refractivity contribution >= 4 is 36.9 Å².